The van der Waals surface area contributed by atoms with E-state index in [-0.39, 0.29) is 18.0 Å². The van der Waals surface area contributed by atoms with Gasteiger partial charge >= 0.3 is 0 Å². The van der Waals surface area contributed by atoms with E-state index in [1.54, 1.807) is 0 Å². The maximum absolute atomic E-state index is 12.7. The Labute approximate surface area is 150 Å². The van der Waals surface area contributed by atoms with Crippen LogP contribution >= 0.6 is 0 Å². The van der Waals surface area contributed by atoms with E-state index in [0.29, 0.717) is 6.42 Å². The van der Waals surface area contributed by atoms with Gasteiger partial charge in [0.2, 0.25) is 5.91 Å². The number of carbonyl (C=O) groups excluding carboxylic acids is 1. The monoisotopic (exact) mass is 337 g/mol. The first kappa shape index (κ1) is 17.5. The molecule has 0 bridgehead atoms. The van der Waals surface area contributed by atoms with E-state index in [4.69, 9.17) is 5.73 Å². The van der Waals surface area contributed by atoms with Crippen molar-refractivity contribution in [3.8, 4) is 0 Å². The van der Waals surface area contributed by atoms with Crippen LogP contribution < -0.4 is 10.6 Å². The molecule has 1 saturated heterocycles. The summed E-state index contributed by atoms with van der Waals surface area (Å²) in [5.74, 6) is 0.122. The van der Waals surface area contributed by atoms with Crippen LogP contribution in [0.4, 0.5) is 5.69 Å². The molecule has 0 aliphatic carbocycles. The van der Waals surface area contributed by atoms with E-state index in [1.165, 1.54) is 5.69 Å². The Kier molecular flexibility index (Phi) is 5.71. The predicted octanol–water partition coefficient (Wildman–Crippen LogP) is 3.20. The maximum Gasteiger partial charge on any atom is 0.224 e. The fourth-order valence-electron chi connectivity index (χ4n) is 3.50. The van der Waals surface area contributed by atoms with Gasteiger partial charge in [0.1, 0.15) is 0 Å². The molecule has 1 heterocycles. The number of anilines is 1. The molecule has 1 aliphatic rings. The number of likely N-dealkylation sites (N-methyl/N-ethyl adjacent to an activating group) is 1. The minimum atomic E-state index is -0.245. The molecule has 25 heavy (non-hydrogen) atoms. The van der Waals surface area contributed by atoms with Crippen LogP contribution in [0.1, 0.15) is 30.9 Å². The van der Waals surface area contributed by atoms with Crippen molar-refractivity contribution >= 4 is 11.6 Å². The number of hydrogen-bond donors (Lipinski definition) is 1. The lowest BCUT2D eigenvalue weighted by Gasteiger charge is -2.39. The second-order valence-electron chi connectivity index (χ2n) is 6.80. The van der Waals surface area contributed by atoms with Crippen LogP contribution in [-0.2, 0) is 4.79 Å². The molecule has 2 unspecified atom stereocenters. The minimum absolute atomic E-state index is 0.122. The second-order valence-corrected chi connectivity index (χ2v) is 6.80. The van der Waals surface area contributed by atoms with Gasteiger partial charge in [-0.1, -0.05) is 48.5 Å². The molecule has 1 aliphatic heterocycles. The number of nitrogens with two attached hydrogens (primary N) is 1. The standard InChI is InChI=1S/C21H27N3O/c1-23(21(25)15-20(22)17-9-4-2-5-10-17)19-13-8-14-24(16-19)18-11-6-3-7-12-18/h2-7,9-12,19-20H,8,13-16,22H2,1H3. The molecule has 0 spiro atoms. The van der Waals surface area contributed by atoms with Crippen molar-refractivity contribution in [2.75, 3.05) is 25.0 Å². The summed E-state index contributed by atoms with van der Waals surface area (Å²) < 4.78 is 0. The maximum atomic E-state index is 12.7. The number of nitrogens with zero attached hydrogens (tertiary/aromatic N) is 2. The van der Waals surface area contributed by atoms with Crippen molar-refractivity contribution in [1.82, 2.24) is 4.90 Å². The molecule has 1 amide bonds. The average molecular weight is 337 g/mol. The van der Waals surface area contributed by atoms with Gasteiger partial charge in [-0.25, -0.2) is 0 Å². The Morgan fingerprint density at radius 1 is 1.16 bits per heavy atom. The topological polar surface area (TPSA) is 49.6 Å². The van der Waals surface area contributed by atoms with Crippen LogP contribution in [0.3, 0.4) is 0 Å². The van der Waals surface area contributed by atoms with Gasteiger partial charge in [-0.3, -0.25) is 4.79 Å². The molecular weight excluding hydrogens is 310 g/mol. The van der Waals surface area contributed by atoms with Crippen LogP contribution in [0.5, 0.6) is 0 Å². The first-order valence-corrected chi connectivity index (χ1v) is 9.01. The predicted molar refractivity (Wildman–Crippen MR) is 102 cm³/mol. The molecule has 4 heteroatoms. The molecule has 1 fully saturated rings. The van der Waals surface area contributed by atoms with Crippen LogP contribution in [0, 0.1) is 0 Å². The van der Waals surface area contributed by atoms with E-state index in [0.717, 1.165) is 31.5 Å². The Morgan fingerprint density at radius 3 is 2.48 bits per heavy atom. The quantitative estimate of drug-likeness (QED) is 0.911. The molecule has 2 N–H and O–H groups in total. The molecular formula is C21H27N3O. The summed E-state index contributed by atoms with van der Waals surface area (Å²) in [6.45, 7) is 1.93. The highest BCUT2D eigenvalue weighted by Gasteiger charge is 2.27. The molecule has 132 valence electrons. The third kappa shape index (κ3) is 4.40. The van der Waals surface area contributed by atoms with E-state index in [2.05, 4.69) is 29.2 Å². The number of hydrogen-bond acceptors (Lipinski definition) is 3. The fourth-order valence-corrected chi connectivity index (χ4v) is 3.50. The SMILES string of the molecule is CN(C(=O)CC(N)c1ccccc1)C1CCCN(c2ccccc2)C1. The molecule has 0 aromatic heterocycles. The summed E-state index contributed by atoms with van der Waals surface area (Å²) in [4.78, 5) is 17.0. The largest absolute Gasteiger partial charge is 0.369 e. The van der Waals surface area contributed by atoms with Gasteiger partial charge in [-0.15, -0.1) is 0 Å². The van der Waals surface area contributed by atoms with Gasteiger partial charge in [0.05, 0.1) is 0 Å². The third-order valence-electron chi connectivity index (χ3n) is 5.08. The second kappa shape index (κ2) is 8.17. The number of rotatable bonds is 5. The zero-order valence-corrected chi connectivity index (χ0v) is 14.8. The first-order chi connectivity index (χ1) is 12.1. The van der Waals surface area contributed by atoms with Crippen LogP contribution in [0.25, 0.3) is 0 Å². The summed E-state index contributed by atoms with van der Waals surface area (Å²) in [5, 5.41) is 0. The highest BCUT2D eigenvalue weighted by molar-refractivity contribution is 5.77. The molecule has 0 radical (unpaired) electrons. The number of benzene rings is 2. The van der Waals surface area contributed by atoms with Crippen LogP contribution in [0.2, 0.25) is 0 Å². The Bertz CT molecular complexity index is 674. The van der Waals surface area contributed by atoms with Gasteiger partial charge in [0.15, 0.2) is 0 Å². The lowest BCUT2D eigenvalue weighted by atomic mass is 10.0. The van der Waals surface area contributed by atoms with Gasteiger partial charge in [-0.05, 0) is 30.5 Å². The van der Waals surface area contributed by atoms with Gasteiger partial charge in [-0.2, -0.15) is 0 Å². The summed E-state index contributed by atoms with van der Waals surface area (Å²) in [5.41, 5.74) is 8.47. The number of carbonyl (C=O) groups is 1. The van der Waals surface area contributed by atoms with Crippen molar-refractivity contribution in [1.29, 1.82) is 0 Å². The normalized spacial score (nSPS) is 18.6. The number of para-hydroxylation sites is 1. The first-order valence-electron chi connectivity index (χ1n) is 9.01. The van der Waals surface area contributed by atoms with Gasteiger partial charge in [0.25, 0.3) is 0 Å². The molecule has 2 aromatic rings. The summed E-state index contributed by atoms with van der Waals surface area (Å²) >= 11 is 0. The molecule has 2 aromatic carbocycles. The lowest BCUT2D eigenvalue weighted by molar-refractivity contribution is -0.132. The van der Waals surface area contributed by atoms with E-state index >= 15 is 0 Å². The minimum Gasteiger partial charge on any atom is -0.369 e. The fraction of sp³-hybridized carbons (Fsp3) is 0.381. The van der Waals surface area contributed by atoms with Crippen molar-refractivity contribution < 1.29 is 4.79 Å². The van der Waals surface area contributed by atoms with Crippen LogP contribution in [-0.4, -0.2) is 37.0 Å². The summed E-state index contributed by atoms with van der Waals surface area (Å²) in [6.07, 6.45) is 2.50. The zero-order valence-electron chi connectivity index (χ0n) is 14.8. The Hall–Kier alpha value is -2.33. The molecule has 2 atom stereocenters. The average Bonchev–Trinajstić information content (AvgIpc) is 2.68. The Balaban J connectivity index is 1.60. The van der Waals surface area contributed by atoms with E-state index in [1.807, 2.05) is 48.3 Å². The van der Waals surface area contributed by atoms with Gasteiger partial charge < -0.3 is 15.5 Å². The molecule has 4 nitrogen and oxygen atoms in total. The molecule has 0 saturated carbocycles. The van der Waals surface area contributed by atoms with E-state index in [9.17, 15) is 4.79 Å². The van der Waals surface area contributed by atoms with Crippen LogP contribution in [0.15, 0.2) is 60.7 Å². The number of piperidine rings is 1. The van der Waals surface area contributed by atoms with Gasteiger partial charge in [0, 0.05) is 44.3 Å². The van der Waals surface area contributed by atoms with E-state index < -0.39 is 0 Å². The third-order valence-corrected chi connectivity index (χ3v) is 5.08. The van der Waals surface area contributed by atoms with Crippen molar-refractivity contribution in [2.45, 2.75) is 31.3 Å². The smallest absolute Gasteiger partial charge is 0.224 e. The van der Waals surface area contributed by atoms with Crippen molar-refractivity contribution in [3.05, 3.63) is 66.2 Å². The zero-order chi connectivity index (χ0) is 17.6. The highest BCUT2D eigenvalue weighted by Crippen LogP contribution is 2.23. The Morgan fingerprint density at radius 2 is 1.80 bits per heavy atom. The highest BCUT2D eigenvalue weighted by atomic mass is 16.2. The molecule has 3 rings (SSSR count). The van der Waals surface area contributed by atoms with Crippen molar-refractivity contribution in [3.63, 3.8) is 0 Å². The summed E-state index contributed by atoms with van der Waals surface area (Å²) in [6, 6.07) is 20.3. The lowest BCUT2D eigenvalue weighted by Crippen LogP contribution is -2.49. The summed E-state index contributed by atoms with van der Waals surface area (Å²) in [7, 11) is 1.92. The van der Waals surface area contributed by atoms with Crippen molar-refractivity contribution in [2.24, 2.45) is 5.73 Å². The number of amides is 1.